The van der Waals surface area contributed by atoms with Crippen LogP contribution < -0.4 is 9.66 Å². The van der Waals surface area contributed by atoms with E-state index in [0.29, 0.717) is 21.5 Å². The molecule has 1 heterocycles. The monoisotopic (exact) mass is 335 g/mol. The minimum Gasteiger partial charge on any atom is -0.414 e. The molecule has 0 fully saturated rings. The fourth-order valence-corrected chi connectivity index (χ4v) is 3.96. The Hall–Kier alpha value is -2.12. The van der Waals surface area contributed by atoms with Crippen LogP contribution in [0.5, 0.6) is 0 Å². The fraction of sp³-hybridized carbons (Fsp3) is 0.133. The van der Waals surface area contributed by atoms with Gasteiger partial charge in [-0.2, -0.15) is 0 Å². The Bertz CT molecular complexity index is 998. The highest BCUT2D eigenvalue weighted by Crippen LogP contribution is 2.27. The molecule has 0 radical (unpaired) electrons. The lowest BCUT2D eigenvalue weighted by molar-refractivity contribution is 0.583. The number of nitrogens with one attached hydrogen (secondary N) is 1. The quantitative estimate of drug-likeness (QED) is 0.797. The number of aryl methyl sites for hydroxylation is 2. The zero-order valence-corrected chi connectivity index (χ0v) is 13.5. The summed E-state index contributed by atoms with van der Waals surface area (Å²) in [6.07, 6.45) is 0. The largest absolute Gasteiger partial charge is 0.414 e. The van der Waals surface area contributed by atoms with Crippen LogP contribution in [0.1, 0.15) is 11.1 Å². The Balaban J connectivity index is 2.01. The number of hydrogen-bond donors (Lipinski definition) is 1. The second-order valence-electron chi connectivity index (χ2n) is 4.99. The molecular formula is C15H13NO4S2. The average Bonchev–Trinajstić information content (AvgIpc) is 2.80. The summed E-state index contributed by atoms with van der Waals surface area (Å²) in [6.45, 7) is 3.66. The third-order valence-corrected chi connectivity index (χ3v) is 5.37. The first-order valence-corrected chi connectivity index (χ1v) is 8.79. The van der Waals surface area contributed by atoms with E-state index in [1.54, 1.807) is 43.3 Å². The molecule has 0 unspecified atom stereocenters. The zero-order chi connectivity index (χ0) is 15.9. The second kappa shape index (κ2) is 5.26. The second-order valence-corrected chi connectivity index (χ2v) is 7.65. The minimum atomic E-state index is -3.66. The third-order valence-electron chi connectivity index (χ3n) is 3.20. The molecule has 1 N–H and O–H groups in total. The van der Waals surface area contributed by atoms with E-state index in [4.69, 9.17) is 4.42 Å². The zero-order valence-electron chi connectivity index (χ0n) is 11.9. The third kappa shape index (κ3) is 2.77. The highest BCUT2D eigenvalue weighted by atomic mass is 32.2. The van der Waals surface area contributed by atoms with Crippen molar-refractivity contribution in [2.45, 2.75) is 18.7 Å². The number of fused-ring (bicyclic) bond motifs is 1. The van der Waals surface area contributed by atoms with Gasteiger partial charge in [-0.15, -0.1) is 0 Å². The molecule has 0 saturated carbocycles. The molecule has 114 valence electrons. The maximum absolute atomic E-state index is 12.4. The lowest BCUT2D eigenvalue weighted by Crippen LogP contribution is -2.12. The Morgan fingerprint density at radius 3 is 2.45 bits per heavy atom. The van der Waals surface area contributed by atoms with Crippen molar-refractivity contribution in [2.75, 3.05) is 4.72 Å². The van der Waals surface area contributed by atoms with E-state index in [1.807, 2.05) is 6.92 Å². The summed E-state index contributed by atoms with van der Waals surface area (Å²) in [6, 6.07) is 9.83. The smallest absolute Gasteiger partial charge is 0.396 e. The van der Waals surface area contributed by atoms with Crippen LogP contribution in [-0.2, 0) is 10.0 Å². The lowest BCUT2D eigenvalue weighted by atomic mass is 10.2. The Kier molecular flexibility index (Phi) is 3.54. The van der Waals surface area contributed by atoms with Gasteiger partial charge in [0.25, 0.3) is 10.0 Å². The minimum absolute atomic E-state index is 0.191. The van der Waals surface area contributed by atoms with E-state index >= 15 is 0 Å². The molecule has 7 heteroatoms. The summed E-state index contributed by atoms with van der Waals surface area (Å²) in [4.78, 5) is 11.1. The van der Waals surface area contributed by atoms with Crippen LogP contribution in [-0.4, -0.2) is 8.42 Å². The summed E-state index contributed by atoms with van der Waals surface area (Å²) in [5, 5.41) is 0. The van der Waals surface area contributed by atoms with Crippen molar-refractivity contribution in [1.29, 1.82) is 0 Å². The summed E-state index contributed by atoms with van der Waals surface area (Å²) >= 11 is 0.947. The number of rotatable bonds is 3. The molecule has 1 aromatic heterocycles. The Morgan fingerprint density at radius 2 is 1.77 bits per heavy atom. The summed E-state index contributed by atoms with van der Waals surface area (Å²) in [5.74, 6) is 0. The Morgan fingerprint density at radius 1 is 1.09 bits per heavy atom. The molecule has 0 saturated heterocycles. The van der Waals surface area contributed by atoms with Gasteiger partial charge < -0.3 is 4.42 Å². The van der Waals surface area contributed by atoms with E-state index in [-0.39, 0.29) is 4.90 Å². The van der Waals surface area contributed by atoms with Gasteiger partial charge in [0, 0.05) is 0 Å². The van der Waals surface area contributed by atoms with Gasteiger partial charge in [0.1, 0.15) is 0 Å². The van der Waals surface area contributed by atoms with Gasteiger partial charge in [0.05, 0.1) is 15.3 Å². The SMILES string of the molecule is Cc1ccc(S(=O)(=O)Nc2cc(C)c3oc(=O)sc3c2)cc1. The van der Waals surface area contributed by atoms with E-state index in [1.165, 1.54) is 0 Å². The van der Waals surface area contributed by atoms with Crippen molar-refractivity contribution in [3.63, 3.8) is 0 Å². The van der Waals surface area contributed by atoms with Crippen LogP contribution >= 0.6 is 11.3 Å². The summed E-state index contributed by atoms with van der Waals surface area (Å²) in [7, 11) is -3.66. The van der Waals surface area contributed by atoms with Crippen molar-refractivity contribution >= 4 is 37.3 Å². The number of anilines is 1. The van der Waals surface area contributed by atoms with E-state index in [2.05, 4.69) is 4.72 Å². The standard InChI is InChI=1S/C15H13NO4S2/c1-9-3-5-12(6-4-9)22(18,19)16-11-7-10(2)14-13(8-11)21-15(17)20-14/h3-8,16H,1-2H3. The first-order chi connectivity index (χ1) is 10.3. The summed E-state index contributed by atoms with van der Waals surface area (Å²) in [5.41, 5.74) is 2.59. The molecule has 5 nitrogen and oxygen atoms in total. The van der Waals surface area contributed by atoms with Gasteiger partial charge in [-0.1, -0.05) is 29.0 Å². The van der Waals surface area contributed by atoms with Crippen molar-refractivity contribution in [3.8, 4) is 0 Å². The van der Waals surface area contributed by atoms with Gasteiger partial charge >= 0.3 is 4.94 Å². The van der Waals surface area contributed by atoms with Crippen molar-refractivity contribution in [1.82, 2.24) is 0 Å². The molecular weight excluding hydrogens is 322 g/mol. The topological polar surface area (TPSA) is 76.4 Å². The average molecular weight is 335 g/mol. The highest BCUT2D eigenvalue weighted by molar-refractivity contribution is 7.92. The molecule has 0 aliphatic rings. The first-order valence-electron chi connectivity index (χ1n) is 6.49. The molecule has 0 aliphatic heterocycles. The van der Waals surface area contributed by atoms with Gasteiger partial charge in [0.2, 0.25) is 0 Å². The first kappa shape index (κ1) is 14.8. The molecule has 3 aromatic rings. The van der Waals surface area contributed by atoms with Crippen molar-refractivity contribution in [2.24, 2.45) is 0 Å². The van der Waals surface area contributed by atoms with Crippen LogP contribution in [0.2, 0.25) is 0 Å². The predicted molar refractivity (Wildman–Crippen MR) is 87.1 cm³/mol. The normalized spacial score (nSPS) is 11.7. The van der Waals surface area contributed by atoms with Gasteiger partial charge in [-0.05, 0) is 43.7 Å². The van der Waals surface area contributed by atoms with E-state index in [0.717, 1.165) is 16.9 Å². The molecule has 22 heavy (non-hydrogen) atoms. The van der Waals surface area contributed by atoms with E-state index in [9.17, 15) is 13.2 Å². The van der Waals surface area contributed by atoms with Crippen LogP contribution in [0.15, 0.2) is 50.5 Å². The summed E-state index contributed by atoms with van der Waals surface area (Å²) < 4.78 is 33.0. The van der Waals surface area contributed by atoms with Gasteiger partial charge in [0.15, 0.2) is 5.58 Å². The van der Waals surface area contributed by atoms with Crippen LogP contribution in [0.25, 0.3) is 10.3 Å². The Labute approximate surface area is 131 Å². The maximum Gasteiger partial charge on any atom is 0.396 e. The van der Waals surface area contributed by atoms with Crippen LogP contribution in [0.3, 0.4) is 0 Å². The molecule has 0 aliphatic carbocycles. The number of benzene rings is 2. The van der Waals surface area contributed by atoms with Crippen LogP contribution in [0, 0.1) is 13.8 Å². The molecule has 0 bridgehead atoms. The van der Waals surface area contributed by atoms with Crippen molar-refractivity contribution in [3.05, 3.63) is 57.3 Å². The molecule has 3 rings (SSSR count). The number of hydrogen-bond acceptors (Lipinski definition) is 5. The highest BCUT2D eigenvalue weighted by Gasteiger charge is 2.15. The van der Waals surface area contributed by atoms with Crippen LogP contribution in [0.4, 0.5) is 5.69 Å². The fourth-order valence-electron chi connectivity index (χ4n) is 2.13. The maximum atomic E-state index is 12.4. The predicted octanol–water partition coefficient (Wildman–Crippen LogP) is 3.27. The van der Waals surface area contributed by atoms with E-state index < -0.39 is 15.0 Å². The van der Waals surface area contributed by atoms with Gasteiger partial charge in [-0.3, -0.25) is 4.72 Å². The number of sulfonamides is 1. The molecule has 0 atom stereocenters. The lowest BCUT2D eigenvalue weighted by Gasteiger charge is -2.09. The molecule has 0 spiro atoms. The molecule has 2 aromatic carbocycles. The van der Waals surface area contributed by atoms with Crippen molar-refractivity contribution < 1.29 is 12.8 Å². The van der Waals surface area contributed by atoms with Gasteiger partial charge in [-0.25, -0.2) is 13.2 Å². The molecule has 0 amide bonds.